The van der Waals surface area contributed by atoms with E-state index in [4.69, 9.17) is 4.42 Å². The predicted molar refractivity (Wildman–Crippen MR) is 144 cm³/mol. The Balaban J connectivity index is 1.47. The second-order valence-electron chi connectivity index (χ2n) is 8.47. The normalized spacial score (nSPS) is 13.3. The van der Waals surface area contributed by atoms with Crippen molar-refractivity contribution in [1.29, 1.82) is 0 Å². The van der Waals surface area contributed by atoms with E-state index < -0.39 is 11.8 Å². The van der Waals surface area contributed by atoms with Crippen LogP contribution in [0.3, 0.4) is 0 Å². The minimum Gasteiger partial charge on any atom is -0.459 e. The lowest BCUT2D eigenvalue weighted by Gasteiger charge is -2.15. The van der Waals surface area contributed by atoms with Gasteiger partial charge in [0.2, 0.25) is 0 Å². The van der Waals surface area contributed by atoms with Crippen LogP contribution in [0.5, 0.6) is 0 Å². The van der Waals surface area contributed by atoms with Crippen molar-refractivity contribution < 1.29 is 18.8 Å². The van der Waals surface area contributed by atoms with Crippen molar-refractivity contribution in [2.75, 3.05) is 15.5 Å². The Morgan fingerprint density at radius 2 is 1.62 bits per heavy atom. The Bertz CT molecular complexity index is 1530. The van der Waals surface area contributed by atoms with Gasteiger partial charge in [-0.2, -0.15) is 0 Å². The first kappa shape index (κ1) is 24.1. The van der Waals surface area contributed by atoms with Gasteiger partial charge < -0.3 is 15.1 Å². The van der Waals surface area contributed by atoms with Crippen LogP contribution in [0.2, 0.25) is 0 Å². The summed E-state index contributed by atoms with van der Waals surface area (Å²) in [6.07, 6.45) is 1.43. The maximum absolute atomic E-state index is 13.6. The Morgan fingerprint density at radius 3 is 2.35 bits per heavy atom. The molecule has 0 fully saturated rings. The zero-order chi connectivity index (χ0) is 25.9. The number of furan rings is 1. The molecule has 1 aliphatic heterocycles. The lowest BCUT2D eigenvalue weighted by atomic mass is 10.1. The number of anilines is 3. The number of aryl methyl sites for hydroxylation is 2. The van der Waals surface area contributed by atoms with Crippen molar-refractivity contribution in [3.05, 3.63) is 119 Å². The molecule has 1 aliphatic rings. The lowest BCUT2D eigenvalue weighted by Crippen LogP contribution is -2.32. The summed E-state index contributed by atoms with van der Waals surface area (Å²) in [7, 11) is 0. The van der Waals surface area contributed by atoms with Crippen LogP contribution >= 0.6 is 11.8 Å². The highest BCUT2D eigenvalue weighted by molar-refractivity contribution is 8.04. The van der Waals surface area contributed by atoms with E-state index in [1.165, 1.54) is 22.9 Å². The molecule has 0 saturated heterocycles. The molecule has 1 aromatic heterocycles. The molecule has 2 heterocycles. The van der Waals surface area contributed by atoms with Gasteiger partial charge in [-0.3, -0.25) is 14.4 Å². The van der Waals surface area contributed by atoms with Crippen LogP contribution in [-0.2, 0) is 9.59 Å². The number of carbonyl (C=O) groups is 3. The number of benzene rings is 3. The standard InChI is InChI=1S/C29H23N3O4S/c1-18-13-14-21(16-19(18)2)30-25-26(29(35)32(28(25)34)22-9-4-3-5-10-22)37-23-11-6-8-20(17-23)31-27(33)24-12-7-15-36-24/h3-17,30H,1-2H3,(H,31,33). The first-order chi connectivity index (χ1) is 17.9. The molecule has 0 aliphatic carbocycles. The fraction of sp³-hybridized carbons (Fsp3) is 0.0690. The van der Waals surface area contributed by atoms with Crippen molar-refractivity contribution in [3.8, 4) is 0 Å². The van der Waals surface area contributed by atoms with E-state index in [2.05, 4.69) is 10.6 Å². The van der Waals surface area contributed by atoms with Gasteiger partial charge >= 0.3 is 0 Å². The summed E-state index contributed by atoms with van der Waals surface area (Å²) in [5.41, 5.74) is 4.14. The van der Waals surface area contributed by atoms with E-state index in [-0.39, 0.29) is 22.3 Å². The highest BCUT2D eigenvalue weighted by Gasteiger charge is 2.40. The third-order valence-electron chi connectivity index (χ3n) is 5.89. The highest BCUT2D eigenvalue weighted by atomic mass is 32.2. The van der Waals surface area contributed by atoms with E-state index in [1.807, 2.05) is 44.2 Å². The molecule has 5 rings (SSSR count). The van der Waals surface area contributed by atoms with E-state index in [9.17, 15) is 14.4 Å². The highest BCUT2D eigenvalue weighted by Crippen LogP contribution is 2.38. The average Bonchev–Trinajstić information content (AvgIpc) is 3.51. The van der Waals surface area contributed by atoms with Gasteiger partial charge in [-0.15, -0.1) is 0 Å². The summed E-state index contributed by atoms with van der Waals surface area (Å²) in [6, 6.07) is 24.9. The number of carbonyl (C=O) groups excluding carboxylic acids is 3. The van der Waals surface area contributed by atoms with Crippen LogP contribution in [0.15, 0.2) is 111 Å². The van der Waals surface area contributed by atoms with Gasteiger partial charge in [0.15, 0.2) is 5.76 Å². The maximum Gasteiger partial charge on any atom is 0.291 e. The van der Waals surface area contributed by atoms with Crippen molar-refractivity contribution >= 4 is 46.5 Å². The van der Waals surface area contributed by atoms with Gasteiger partial charge in [-0.25, -0.2) is 4.90 Å². The molecule has 37 heavy (non-hydrogen) atoms. The third kappa shape index (κ3) is 5.05. The summed E-state index contributed by atoms with van der Waals surface area (Å²) in [5.74, 6) is -1.04. The van der Waals surface area contributed by atoms with Crippen molar-refractivity contribution in [2.45, 2.75) is 18.7 Å². The second kappa shape index (κ2) is 10.2. The topological polar surface area (TPSA) is 91.7 Å². The fourth-order valence-corrected chi connectivity index (χ4v) is 4.83. The number of imide groups is 1. The van der Waals surface area contributed by atoms with Gasteiger partial charge in [-0.05, 0) is 79.6 Å². The Hall–Kier alpha value is -4.56. The molecule has 184 valence electrons. The molecule has 0 bridgehead atoms. The van der Waals surface area contributed by atoms with Crippen LogP contribution in [0.1, 0.15) is 21.7 Å². The summed E-state index contributed by atoms with van der Waals surface area (Å²) >= 11 is 1.17. The van der Waals surface area contributed by atoms with E-state index in [1.54, 1.807) is 54.6 Å². The Kier molecular flexibility index (Phi) is 6.66. The smallest absolute Gasteiger partial charge is 0.291 e. The zero-order valence-electron chi connectivity index (χ0n) is 20.1. The minimum atomic E-state index is -0.431. The molecule has 0 radical (unpaired) electrons. The number of hydrogen-bond acceptors (Lipinski definition) is 6. The number of nitrogens with one attached hydrogen (secondary N) is 2. The van der Waals surface area contributed by atoms with Crippen molar-refractivity contribution in [3.63, 3.8) is 0 Å². The van der Waals surface area contributed by atoms with Gasteiger partial charge in [0.05, 0.1) is 12.0 Å². The maximum atomic E-state index is 13.6. The van der Waals surface area contributed by atoms with Crippen LogP contribution in [0, 0.1) is 13.8 Å². The van der Waals surface area contributed by atoms with Crippen molar-refractivity contribution in [1.82, 2.24) is 0 Å². The van der Waals surface area contributed by atoms with Crippen LogP contribution < -0.4 is 15.5 Å². The Labute approximate surface area is 218 Å². The molecule has 2 N–H and O–H groups in total. The number of nitrogens with zero attached hydrogens (tertiary/aromatic N) is 1. The monoisotopic (exact) mass is 509 g/mol. The predicted octanol–water partition coefficient (Wildman–Crippen LogP) is 6.14. The molecular weight excluding hydrogens is 486 g/mol. The van der Waals surface area contributed by atoms with Gasteiger partial charge in [0.25, 0.3) is 17.7 Å². The van der Waals surface area contributed by atoms with Crippen LogP contribution in [0.25, 0.3) is 0 Å². The number of rotatable bonds is 7. The second-order valence-corrected chi connectivity index (χ2v) is 9.55. The number of para-hydroxylation sites is 1. The molecular formula is C29H23N3O4S. The summed E-state index contributed by atoms with van der Waals surface area (Å²) in [6.45, 7) is 4.00. The Morgan fingerprint density at radius 1 is 0.811 bits per heavy atom. The van der Waals surface area contributed by atoms with Crippen LogP contribution in [0.4, 0.5) is 17.1 Å². The van der Waals surface area contributed by atoms with Gasteiger partial charge in [0, 0.05) is 16.3 Å². The summed E-state index contributed by atoms with van der Waals surface area (Å²) in [4.78, 5) is 41.6. The molecule has 4 aromatic rings. The van der Waals surface area contributed by atoms with Gasteiger partial charge in [-0.1, -0.05) is 42.1 Å². The average molecular weight is 510 g/mol. The molecule has 0 unspecified atom stereocenters. The zero-order valence-corrected chi connectivity index (χ0v) is 21.0. The molecule has 0 atom stereocenters. The molecule has 0 saturated carbocycles. The van der Waals surface area contributed by atoms with Crippen LogP contribution in [-0.4, -0.2) is 17.7 Å². The summed E-state index contributed by atoms with van der Waals surface area (Å²) in [5, 5.41) is 5.98. The fourth-order valence-electron chi connectivity index (χ4n) is 3.85. The van der Waals surface area contributed by atoms with E-state index in [0.29, 0.717) is 22.0 Å². The van der Waals surface area contributed by atoms with Gasteiger partial charge in [0.1, 0.15) is 10.6 Å². The number of thioether (sulfide) groups is 1. The number of hydrogen-bond donors (Lipinski definition) is 2. The third-order valence-corrected chi connectivity index (χ3v) is 6.96. The quantitative estimate of drug-likeness (QED) is 0.291. The first-order valence-electron chi connectivity index (χ1n) is 11.6. The molecule has 0 spiro atoms. The van der Waals surface area contributed by atoms with Crippen molar-refractivity contribution in [2.24, 2.45) is 0 Å². The SMILES string of the molecule is Cc1ccc(NC2=C(Sc3cccc(NC(=O)c4ccco4)c3)C(=O)N(c3ccccc3)C2=O)cc1C. The minimum absolute atomic E-state index is 0.190. The number of amides is 3. The summed E-state index contributed by atoms with van der Waals surface area (Å²) < 4.78 is 5.15. The first-order valence-corrected chi connectivity index (χ1v) is 12.4. The molecule has 3 aromatic carbocycles. The lowest BCUT2D eigenvalue weighted by molar-refractivity contribution is -0.120. The van der Waals surface area contributed by atoms with E-state index in [0.717, 1.165) is 11.1 Å². The molecule has 7 nitrogen and oxygen atoms in total. The van der Waals surface area contributed by atoms with E-state index >= 15 is 0 Å². The molecule has 8 heteroatoms. The largest absolute Gasteiger partial charge is 0.459 e. The molecule has 3 amide bonds.